The smallest absolute Gasteiger partial charge is 0.456 e. The summed E-state index contributed by atoms with van der Waals surface area (Å²) in [6.07, 6.45) is -3.81. The standard InChI is InChI=1S/C21H17F4N2O7P/c22-11-13-4-6-15(7-5-13)34-19-16(2-1-3-17(19)21(23,24)25)20(29)26-14-8-9-27(18(28)10-14)12-33-35(30,31)32/h1-10H,11-12H2,(H,26,29)(H2,30,31,32). The van der Waals surface area contributed by atoms with Crippen molar-refractivity contribution >= 4 is 19.4 Å². The second-order valence-corrected chi connectivity index (χ2v) is 8.23. The number of amides is 1. The van der Waals surface area contributed by atoms with Crippen molar-refractivity contribution in [2.75, 3.05) is 5.32 Å². The van der Waals surface area contributed by atoms with Crippen molar-refractivity contribution in [3.05, 3.63) is 87.8 Å². The highest BCUT2D eigenvalue weighted by Gasteiger charge is 2.36. The van der Waals surface area contributed by atoms with Gasteiger partial charge in [0.15, 0.2) is 5.75 Å². The topological polar surface area (TPSA) is 127 Å². The van der Waals surface area contributed by atoms with Crippen molar-refractivity contribution in [3.8, 4) is 11.5 Å². The molecule has 35 heavy (non-hydrogen) atoms. The van der Waals surface area contributed by atoms with Crippen molar-refractivity contribution in [3.63, 3.8) is 0 Å². The van der Waals surface area contributed by atoms with Crippen LogP contribution in [-0.2, 0) is 28.7 Å². The Hall–Kier alpha value is -3.51. The molecule has 0 aliphatic heterocycles. The average Bonchev–Trinajstić information content (AvgIpc) is 2.77. The number of anilines is 1. The third-order valence-corrected chi connectivity index (χ3v) is 4.93. The lowest BCUT2D eigenvalue weighted by Gasteiger charge is -2.17. The van der Waals surface area contributed by atoms with Gasteiger partial charge in [0, 0.05) is 18.0 Å². The van der Waals surface area contributed by atoms with E-state index >= 15 is 0 Å². The van der Waals surface area contributed by atoms with Gasteiger partial charge in [0.25, 0.3) is 11.5 Å². The molecule has 0 spiro atoms. The quantitative estimate of drug-likeness (QED) is 0.298. The van der Waals surface area contributed by atoms with E-state index in [1.807, 2.05) is 0 Å². The van der Waals surface area contributed by atoms with Crippen molar-refractivity contribution in [2.45, 2.75) is 19.6 Å². The number of carbonyl (C=O) groups is 1. The zero-order valence-electron chi connectivity index (χ0n) is 17.5. The summed E-state index contributed by atoms with van der Waals surface area (Å²) < 4.78 is 74.7. The molecule has 0 saturated carbocycles. The van der Waals surface area contributed by atoms with Gasteiger partial charge in [-0.05, 0) is 35.9 Å². The van der Waals surface area contributed by atoms with Crippen LogP contribution >= 0.6 is 7.82 Å². The van der Waals surface area contributed by atoms with Gasteiger partial charge in [-0.25, -0.2) is 8.96 Å². The Morgan fingerprint density at radius 2 is 1.77 bits per heavy atom. The van der Waals surface area contributed by atoms with Gasteiger partial charge in [-0.2, -0.15) is 13.2 Å². The molecule has 14 heteroatoms. The van der Waals surface area contributed by atoms with Crippen LogP contribution in [0.5, 0.6) is 11.5 Å². The first-order chi connectivity index (χ1) is 16.4. The van der Waals surface area contributed by atoms with Crippen LogP contribution in [0.4, 0.5) is 23.2 Å². The summed E-state index contributed by atoms with van der Waals surface area (Å²) >= 11 is 0. The maximum Gasteiger partial charge on any atom is 0.471 e. The highest BCUT2D eigenvalue weighted by molar-refractivity contribution is 7.46. The number of halogens is 4. The number of ether oxygens (including phenoxy) is 1. The fraction of sp³-hybridized carbons (Fsp3) is 0.143. The zero-order chi connectivity index (χ0) is 25.8. The maximum absolute atomic E-state index is 13.6. The van der Waals surface area contributed by atoms with Crippen LogP contribution in [0.1, 0.15) is 21.5 Å². The summed E-state index contributed by atoms with van der Waals surface area (Å²) in [4.78, 5) is 42.3. The molecule has 3 N–H and O–H groups in total. The number of carbonyl (C=O) groups excluding carboxylic acids is 1. The summed E-state index contributed by atoms with van der Waals surface area (Å²) in [5.74, 6) is -1.90. The van der Waals surface area contributed by atoms with Gasteiger partial charge in [0.05, 0.1) is 11.1 Å². The first kappa shape index (κ1) is 26.1. The van der Waals surface area contributed by atoms with Gasteiger partial charge < -0.3 is 19.8 Å². The Morgan fingerprint density at radius 3 is 2.34 bits per heavy atom. The number of aromatic nitrogens is 1. The molecule has 0 aliphatic rings. The lowest BCUT2D eigenvalue weighted by atomic mass is 10.1. The predicted octanol–water partition coefficient (Wildman–Crippen LogP) is 4.45. The minimum Gasteiger partial charge on any atom is -0.456 e. The summed E-state index contributed by atoms with van der Waals surface area (Å²) in [6.45, 7) is -1.55. The number of nitrogens with zero attached hydrogens (tertiary/aromatic N) is 1. The van der Waals surface area contributed by atoms with E-state index in [1.54, 1.807) is 0 Å². The number of hydrogen-bond acceptors (Lipinski definition) is 5. The van der Waals surface area contributed by atoms with Crippen molar-refractivity contribution in [2.24, 2.45) is 0 Å². The number of hydrogen-bond donors (Lipinski definition) is 3. The molecule has 0 unspecified atom stereocenters. The summed E-state index contributed by atoms with van der Waals surface area (Å²) in [5.41, 5.74) is -2.37. The van der Waals surface area contributed by atoms with E-state index < -0.39 is 55.7 Å². The lowest BCUT2D eigenvalue weighted by molar-refractivity contribution is -0.138. The molecule has 0 bridgehead atoms. The Morgan fingerprint density at radius 1 is 1.09 bits per heavy atom. The highest BCUT2D eigenvalue weighted by atomic mass is 31.2. The van der Waals surface area contributed by atoms with Crippen LogP contribution in [0.25, 0.3) is 0 Å². The average molecular weight is 516 g/mol. The number of rotatable bonds is 8. The van der Waals surface area contributed by atoms with E-state index in [4.69, 9.17) is 14.5 Å². The van der Waals surface area contributed by atoms with E-state index in [0.29, 0.717) is 0 Å². The molecule has 2 aromatic carbocycles. The molecule has 0 fully saturated rings. The van der Waals surface area contributed by atoms with Gasteiger partial charge >= 0.3 is 14.0 Å². The molecular weight excluding hydrogens is 499 g/mol. The summed E-state index contributed by atoms with van der Waals surface area (Å²) in [7, 11) is -4.84. The number of phosphoric acid groups is 1. The number of para-hydroxylation sites is 1. The predicted molar refractivity (Wildman–Crippen MR) is 115 cm³/mol. The van der Waals surface area contributed by atoms with Crippen LogP contribution in [0.3, 0.4) is 0 Å². The lowest BCUT2D eigenvalue weighted by Crippen LogP contribution is -2.22. The Balaban J connectivity index is 1.90. The second kappa shape index (κ2) is 10.4. The summed E-state index contributed by atoms with van der Waals surface area (Å²) in [6, 6.07) is 10.0. The van der Waals surface area contributed by atoms with E-state index in [2.05, 4.69) is 9.84 Å². The van der Waals surface area contributed by atoms with Crippen LogP contribution in [0.15, 0.2) is 65.6 Å². The fourth-order valence-electron chi connectivity index (χ4n) is 2.84. The molecule has 0 aliphatic carbocycles. The molecular formula is C21H17F4N2O7P. The Kier molecular flexibility index (Phi) is 7.76. The largest absolute Gasteiger partial charge is 0.471 e. The van der Waals surface area contributed by atoms with Crippen LogP contribution in [-0.4, -0.2) is 20.3 Å². The third-order valence-electron chi connectivity index (χ3n) is 4.48. The van der Waals surface area contributed by atoms with Gasteiger partial charge in [-0.1, -0.05) is 18.2 Å². The Bertz CT molecular complexity index is 1320. The van der Waals surface area contributed by atoms with E-state index in [0.717, 1.165) is 35.0 Å². The second-order valence-electron chi connectivity index (χ2n) is 6.99. The van der Waals surface area contributed by atoms with Crippen LogP contribution in [0, 0.1) is 0 Å². The van der Waals surface area contributed by atoms with Gasteiger partial charge in [0.2, 0.25) is 0 Å². The highest BCUT2D eigenvalue weighted by Crippen LogP contribution is 2.40. The van der Waals surface area contributed by atoms with E-state index in [1.165, 1.54) is 30.3 Å². The number of alkyl halides is 4. The monoisotopic (exact) mass is 516 g/mol. The molecule has 3 rings (SSSR count). The molecule has 9 nitrogen and oxygen atoms in total. The molecule has 3 aromatic rings. The van der Waals surface area contributed by atoms with Crippen molar-refractivity contribution < 1.29 is 46.0 Å². The zero-order valence-corrected chi connectivity index (χ0v) is 18.4. The molecule has 186 valence electrons. The van der Waals surface area contributed by atoms with Gasteiger partial charge in [0.1, 0.15) is 19.2 Å². The Labute approximate surface area is 194 Å². The molecule has 0 radical (unpaired) electrons. The maximum atomic E-state index is 13.6. The minimum absolute atomic E-state index is 0.0689. The number of phosphoric ester groups is 1. The van der Waals surface area contributed by atoms with Crippen LogP contribution in [0.2, 0.25) is 0 Å². The van der Waals surface area contributed by atoms with E-state index in [9.17, 15) is 31.7 Å². The molecule has 1 amide bonds. The van der Waals surface area contributed by atoms with Gasteiger partial charge in [-0.3, -0.25) is 18.7 Å². The first-order valence-electron chi connectivity index (χ1n) is 9.62. The number of nitrogens with one attached hydrogen (secondary N) is 1. The number of benzene rings is 2. The SMILES string of the molecule is O=C(Nc1ccn(COP(=O)(O)O)c(=O)c1)c1cccc(C(F)(F)F)c1Oc1ccc(CF)cc1. The summed E-state index contributed by atoms with van der Waals surface area (Å²) in [5, 5.41) is 2.28. The van der Waals surface area contributed by atoms with Crippen LogP contribution < -0.4 is 15.6 Å². The molecule has 1 heterocycles. The van der Waals surface area contributed by atoms with Gasteiger partial charge in [-0.15, -0.1) is 0 Å². The van der Waals surface area contributed by atoms with Crippen molar-refractivity contribution in [1.29, 1.82) is 0 Å². The van der Waals surface area contributed by atoms with E-state index in [-0.39, 0.29) is 17.0 Å². The normalized spacial score (nSPS) is 11.8. The third kappa shape index (κ3) is 6.99. The molecule has 1 aromatic heterocycles. The first-order valence-corrected chi connectivity index (χ1v) is 11.2. The molecule has 0 atom stereocenters. The van der Waals surface area contributed by atoms with Crippen molar-refractivity contribution in [1.82, 2.24) is 4.57 Å². The fourth-order valence-corrected chi connectivity index (χ4v) is 3.12. The number of pyridine rings is 1. The molecule has 0 saturated heterocycles. The minimum atomic E-state index is -4.87.